The quantitative estimate of drug-likeness (QED) is 0.587. The zero-order valence-corrected chi connectivity index (χ0v) is 18.7. The Morgan fingerprint density at radius 1 is 1.10 bits per heavy atom. The Bertz CT molecular complexity index is 1000. The van der Waals surface area contributed by atoms with Crippen molar-refractivity contribution in [2.75, 3.05) is 34.9 Å². The van der Waals surface area contributed by atoms with Gasteiger partial charge in [-0.25, -0.2) is 4.98 Å². The number of nitrogens with zero attached hydrogens (tertiary/aromatic N) is 2. The van der Waals surface area contributed by atoms with E-state index in [9.17, 15) is 4.79 Å². The molecule has 0 spiro atoms. The second-order valence-electron chi connectivity index (χ2n) is 7.08. The maximum atomic E-state index is 13.0. The van der Waals surface area contributed by atoms with E-state index in [1.807, 2.05) is 69.6 Å². The molecule has 3 aromatic rings. The molecule has 30 heavy (non-hydrogen) atoms. The highest BCUT2D eigenvalue weighted by Gasteiger charge is 2.21. The maximum Gasteiger partial charge on any atom is 0.271 e. The van der Waals surface area contributed by atoms with Gasteiger partial charge in [0.1, 0.15) is 5.69 Å². The van der Waals surface area contributed by atoms with Gasteiger partial charge < -0.3 is 19.7 Å². The van der Waals surface area contributed by atoms with Crippen molar-refractivity contribution in [2.24, 2.45) is 0 Å². The highest BCUT2D eigenvalue weighted by Crippen LogP contribution is 2.32. The minimum absolute atomic E-state index is 0.0336. The SMILES string of the molecule is COc1ccc(C(CNC(=O)c2nc(C)sc2-c2ccccc2)N(C)C)cc1OC. The van der Waals surface area contributed by atoms with E-state index < -0.39 is 0 Å². The number of carbonyl (C=O) groups excluding carboxylic acids is 1. The number of hydrogen-bond donors (Lipinski definition) is 1. The Morgan fingerprint density at radius 2 is 1.80 bits per heavy atom. The fraction of sp³-hybridized carbons (Fsp3) is 0.304. The van der Waals surface area contributed by atoms with Crippen molar-refractivity contribution in [1.82, 2.24) is 15.2 Å². The highest BCUT2D eigenvalue weighted by atomic mass is 32.1. The van der Waals surface area contributed by atoms with Crippen LogP contribution in [0.25, 0.3) is 10.4 Å². The molecule has 0 aliphatic heterocycles. The number of hydrogen-bond acceptors (Lipinski definition) is 6. The summed E-state index contributed by atoms with van der Waals surface area (Å²) in [5.41, 5.74) is 2.49. The van der Waals surface area contributed by atoms with Gasteiger partial charge in [-0.05, 0) is 44.3 Å². The summed E-state index contributed by atoms with van der Waals surface area (Å²) in [7, 11) is 7.19. The van der Waals surface area contributed by atoms with E-state index in [1.165, 1.54) is 11.3 Å². The van der Waals surface area contributed by atoms with Gasteiger partial charge in [0.05, 0.1) is 30.1 Å². The number of carbonyl (C=O) groups is 1. The van der Waals surface area contributed by atoms with Gasteiger partial charge in [-0.15, -0.1) is 11.3 Å². The van der Waals surface area contributed by atoms with Gasteiger partial charge in [-0.2, -0.15) is 0 Å². The van der Waals surface area contributed by atoms with E-state index >= 15 is 0 Å². The summed E-state index contributed by atoms with van der Waals surface area (Å²) in [5, 5.41) is 3.92. The summed E-state index contributed by atoms with van der Waals surface area (Å²) >= 11 is 1.53. The molecule has 1 aromatic heterocycles. The topological polar surface area (TPSA) is 63.7 Å². The molecule has 158 valence electrons. The van der Waals surface area contributed by atoms with Crippen molar-refractivity contribution < 1.29 is 14.3 Å². The standard InChI is InChI=1S/C23H27N3O3S/c1-15-25-21(22(30-15)16-9-7-6-8-10-16)23(27)24-14-18(26(2)3)17-11-12-19(28-4)20(13-17)29-5/h6-13,18H,14H2,1-5H3,(H,24,27). The van der Waals surface area contributed by atoms with E-state index in [1.54, 1.807) is 14.2 Å². The fourth-order valence-electron chi connectivity index (χ4n) is 3.30. The van der Waals surface area contributed by atoms with Crippen LogP contribution in [0.2, 0.25) is 0 Å². The van der Waals surface area contributed by atoms with Crippen LogP contribution in [0.5, 0.6) is 11.5 Å². The molecule has 0 saturated carbocycles. The van der Waals surface area contributed by atoms with Crippen molar-refractivity contribution in [3.8, 4) is 21.9 Å². The molecule has 1 unspecified atom stereocenters. The molecule has 0 bridgehead atoms. The van der Waals surface area contributed by atoms with Crippen molar-refractivity contribution in [3.63, 3.8) is 0 Å². The number of rotatable bonds is 8. The summed E-state index contributed by atoms with van der Waals surface area (Å²) in [6.07, 6.45) is 0. The predicted octanol–water partition coefficient (Wildman–Crippen LogP) is 4.17. The van der Waals surface area contributed by atoms with Crippen LogP contribution in [0, 0.1) is 6.92 Å². The molecule has 1 heterocycles. The highest BCUT2D eigenvalue weighted by molar-refractivity contribution is 7.15. The minimum atomic E-state index is -0.175. The van der Waals surface area contributed by atoms with Crippen LogP contribution in [0.15, 0.2) is 48.5 Å². The number of amides is 1. The van der Waals surface area contributed by atoms with Gasteiger partial charge >= 0.3 is 0 Å². The number of methoxy groups -OCH3 is 2. The van der Waals surface area contributed by atoms with Gasteiger partial charge in [-0.3, -0.25) is 4.79 Å². The van der Waals surface area contributed by atoms with Gasteiger partial charge in [-0.1, -0.05) is 36.4 Å². The average molecular weight is 426 g/mol. The Kier molecular flexibility index (Phi) is 7.07. The molecule has 0 fully saturated rings. The number of aromatic nitrogens is 1. The van der Waals surface area contributed by atoms with Crippen LogP contribution in [-0.2, 0) is 0 Å². The van der Waals surface area contributed by atoms with Crippen molar-refractivity contribution in [2.45, 2.75) is 13.0 Å². The summed E-state index contributed by atoms with van der Waals surface area (Å²) < 4.78 is 10.8. The number of likely N-dealkylation sites (N-methyl/N-ethyl adjacent to an activating group) is 1. The lowest BCUT2D eigenvalue weighted by atomic mass is 10.0. The van der Waals surface area contributed by atoms with Gasteiger partial charge in [0.2, 0.25) is 0 Å². The third-order valence-electron chi connectivity index (χ3n) is 4.86. The molecule has 1 atom stereocenters. The molecule has 0 aliphatic carbocycles. The maximum absolute atomic E-state index is 13.0. The van der Waals surface area contributed by atoms with E-state index in [2.05, 4.69) is 15.2 Å². The summed E-state index contributed by atoms with van der Waals surface area (Å²) in [4.78, 5) is 20.4. The molecule has 3 rings (SSSR count). The summed E-state index contributed by atoms with van der Waals surface area (Å²) in [6, 6.07) is 15.7. The average Bonchev–Trinajstić information content (AvgIpc) is 3.15. The first-order chi connectivity index (χ1) is 14.4. The Balaban J connectivity index is 1.80. The summed E-state index contributed by atoms with van der Waals surface area (Å²) in [5.74, 6) is 1.16. The molecule has 7 heteroatoms. The number of thiazole rings is 1. The molecule has 2 aromatic carbocycles. The van der Waals surface area contributed by atoms with Crippen molar-refractivity contribution >= 4 is 17.2 Å². The lowest BCUT2D eigenvalue weighted by molar-refractivity contribution is 0.0938. The lowest BCUT2D eigenvalue weighted by Crippen LogP contribution is -2.35. The van der Waals surface area contributed by atoms with Crippen LogP contribution >= 0.6 is 11.3 Å². The third-order valence-corrected chi connectivity index (χ3v) is 5.88. The van der Waals surface area contributed by atoms with E-state index in [4.69, 9.17) is 9.47 Å². The molecule has 6 nitrogen and oxygen atoms in total. The van der Waals surface area contributed by atoms with Gasteiger partial charge in [0, 0.05) is 6.54 Å². The minimum Gasteiger partial charge on any atom is -0.493 e. The van der Waals surface area contributed by atoms with E-state index in [-0.39, 0.29) is 11.9 Å². The Morgan fingerprint density at radius 3 is 2.43 bits per heavy atom. The second kappa shape index (κ2) is 9.73. The Hall–Kier alpha value is -2.90. The third kappa shape index (κ3) is 4.80. The zero-order valence-electron chi connectivity index (χ0n) is 17.9. The predicted molar refractivity (Wildman–Crippen MR) is 121 cm³/mol. The largest absolute Gasteiger partial charge is 0.493 e. The van der Waals surface area contributed by atoms with Crippen molar-refractivity contribution in [3.05, 3.63) is 64.8 Å². The monoisotopic (exact) mass is 425 g/mol. The normalized spacial score (nSPS) is 11.9. The number of ether oxygens (including phenoxy) is 2. The van der Waals surface area contributed by atoms with E-state index in [0.29, 0.717) is 23.7 Å². The smallest absolute Gasteiger partial charge is 0.271 e. The van der Waals surface area contributed by atoms with Gasteiger partial charge in [0.15, 0.2) is 11.5 Å². The van der Waals surface area contributed by atoms with Crippen LogP contribution in [0.1, 0.15) is 27.1 Å². The fourth-order valence-corrected chi connectivity index (χ4v) is 4.22. The molecule has 0 saturated heterocycles. The summed E-state index contributed by atoms with van der Waals surface area (Å²) in [6.45, 7) is 2.35. The number of aryl methyl sites for hydroxylation is 1. The first-order valence-corrected chi connectivity index (χ1v) is 10.5. The molecular formula is C23H27N3O3S. The first kappa shape index (κ1) is 21.8. The molecule has 0 radical (unpaired) electrons. The molecule has 1 amide bonds. The number of benzene rings is 2. The molecule has 0 aliphatic rings. The van der Waals surface area contributed by atoms with Crippen molar-refractivity contribution in [1.29, 1.82) is 0 Å². The molecule has 1 N–H and O–H groups in total. The Labute approximate surface area is 181 Å². The van der Waals surface area contributed by atoms with E-state index in [0.717, 1.165) is 21.0 Å². The second-order valence-corrected chi connectivity index (χ2v) is 8.28. The number of nitrogens with one attached hydrogen (secondary N) is 1. The molecular weight excluding hydrogens is 398 g/mol. The van der Waals surface area contributed by atoms with Gasteiger partial charge in [0.25, 0.3) is 5.91 Å². The van der Waals surface area contributed by atoms with Crippen LogP contribution < -0.4 is 14.8 Å². The van der Waals surface area contributed by atoms with Crippen LogP contribution in [-0.4, -0.2) is 50.7 Å². The zero-order chi connectivity index (χ0) is 21.7. The first-order valence-electron chi connectivity index (χ1n) is 9.64. The van der Waals surface area contributed by atoms with Crippen LogP contribution in [0.4, 0.5) is 0 Å². The van der Waals surface area contributed by atoms with Crippen LogP contribution in [0.3, 0.4) is 0 Å². The lowest BCUT2D eigenvalue weighted by Gasteiger charge is -2.25.